The number of rotatable bonds is 5. The highest BCUT2D eigenvalue weighted by molar-refractivity contribution is 6.32. The number of carbonyl (C=O) groups is 2. The average Bonchev–Trinajstić information content (AvgIpc) is 3.63. The summed E-state index contributed by atoms with van der Waals surface area (Å²) < 4.78 is 6.52. The minimum atomic E-state index is -0.793. The Bertz CT molecular complexity index is 1270. The van der Waals surface area contributed by atoms with Gasteiger partial charge in [0.15, 0.2) is 0 Å². The summed E-state index contributed by atoms with van der Waals surface area (Å²) in [5.41, 5.74) is 5.79. The van der Waals surface area contributed by atoms with E-state index in [2.05, 4.69) is 22.1 Å². The van der Waals surface area contributed by atoms with Gasteiger partial charge in [0.2, 0.25) is 0 Å². The fourth-order valence-electron chi connectivity index (χ4n) is 4.69. The summed E-state index contributed by atoms with van der Waals surface area (Å²) in [5.74, 6) is -1.37. The van der Waals surface area contributed by atoms with Gasteiger partial charge in [-0.15, -0.1) is 5.10 Å². The molecule has 0 radical (unpaired) electrons. The highest BCUT2D eigenvalue weighted by Gasteiger charge is 2.34. The van der Waals surface area contributed by atoms with Crippen LogP contribution in [0.4, 0.5) is 0 Å². The van der Waals surface area contributed by atoms with Crippen molar-refractivity contribution in [3.8, 4) is 5.69 Å². The van der Waals surface area contributed by atoms with Crippen molar-refractivity contribution in [1.29, 1.82) is 0 Å². The number of amides is 1. The van der Waals surface area contributed by atoms with Gasteiger partial charge in [-0.1, -0.05) is 36.9 Å². The van der Waals surface area contributed by atoms with Crippen LogP contribution in [-0.2, 0) is 14.3 Å². The summed E-state index contributed by atoms with van der Waals surface area (Å²) in [6.45, 7) is 6.34. The molecule has 3 aromatic rings. The molecule has 9 nitrogen and oxygen atoms in total. The predicted molar refractivity (Wildman–Crippen MR) is 124 cm³/mol. The minimum Gasteiger partial charge on any atom is -0.459 e. The van der Waals surface area contributed by atoms with Gasteiger partial charge < -0.3 is 9.64 Å². The molecule has 9 heteroatoms. The molecule has 0 saturated carbocycles. The third-order valence-corrected chi connectivity index (χ3v) is 6.28. The number of fused-ring (bicyclic) bond motifs is 1. The van der Waals surface area contributed by atoms with Gasteiger partial charge in [-0.05, 0) is 65.1 Å². The van der Waals surface area contributed by atoms with Crippen LogP contribution in [0, 0.1) is 0 Å². The lowest BCUT2D eigenvalue weighted by Crippen LogP contribution is -2.37. The smallest absolute Gasteiger partial charge is 0.397 e. The highest BCUT2D eigenvalue weighted by atomic mass is 16.5. The van der Waals surface area contributed by atoms with Crippen LogP contribution in [-0.4, -0.2) is 55.8 Å². The van der Waals surface area contributed by atoms with E-state index in [0.717, 1.165) is 46.5 Å². The van der Waals surface area contributed by atoms with Gasteiger partial charge in [0.25, 0.3) is 0 Å². The molecule has 3 heterocycles. The number of tetrazole rings is 1. The zero-order chi connectivity index (χ0) is 23.7. The molecular weight excluding hydrogens is 432 g/mol. The fraction of sp³-hybridized carbons (Fsp3) is 0.280. The van der Waals surface area contributed by atoms with E-state index in [-0.39, 0.29) is 18.7 Å². The Morgan fingerprint density at radius 1 is 1.18 bits per heavy atom. The normalized spacial score (nSPS) is 19.0. The molecule has 2 aliphatic heterocycles. The van der Waals surface area contributed by atoms with Crippen molar-refractivity contribution in [2.24, 2.45) is 4.99 Å². The van der Waals surface area contributed by atoms with E-state index in [1.54, 1.807) is 28.9 Å². The third kappa shape index (κ3) is 3.79. The van der Waals surface area contributed by atoms with Crippen molar-refractivity contribution in [1.82, 2.24) is 25.1 Å². The standard InChI is InChI=1S/C25H24N6O3/c1-3-21-19-12-11-18(31-15-26-28-29-31)14-20(19)23(27-21)17-9-7-16(8-10-17)22-6-5-13-30(22)24(32)25(33)34-4-2/h3,7-12,14-15,22-23H,1,4-6,13H2,2H3/t22-,23?/m1/s1. The Morgan fingerprint density at radius 3 is 2.68 bits per heavy atom. The van der Waals surface area contributed by atoms with Gasteiger partial charge in [-0.2, -0.15) is 0 Å². The molecule has 0 N–H and O–H groups in total. The first-order valence-electron chi connectivity index (χ1n) is 11.3. The molecule has 1 saturated heterocycles. The largest absolute Gasteiger partial charge is 0.459 e. The van der Waals surface area contributed by atoms with E-state index >= 15 is 0 Å². The summed E-state index contributed by atoms with van der Waals surface area (Å²) in [7, 11) is 0. The topological polar surface area (TPSA) is 103 Å². The number of hydrogen-bond acceptors (Lipinski definition) is 7. The van der Waals surface area contributed by atoms with Gasteiger partial charge in [-0.25, -0.2) is 9.48 Å². The summed E-state index contributed by atoms with van der Waals surface area (Å²) >= 11 is 0. The van der Waals surface area contributed by atoms with Crippen LogP contribution >= 0.6 is 0 Å². The zero-order valence-corrected chi connectivity index (χ0v) is 18.8. The number of allylic oxidation sites excluding steroid dienone is 1. The van der Waals surface area contributed by atoms with Crippen LogP contribution in [0.1, 0.15) is 54.1 Å². The summed E-state index contributed by atoms with van der Waals surface area (Å²) in [4.78, 5) is 31.0. The molecule has 0 aliphatic carbocycles. The Hall–Kier alpha value is -4.14. The van der Waals surface area contributed by atoms with Crippen LogP contribution in [0.5, 0.6) is 0 Å². The van der Waals surface area contributed by atoms with Crippen molar-refractivity contribution in [2.45, 2.75) is 31.8 Å². The molecule has 5 rings (SSSR count). The number of aromatic nitrogens is 4. The van der Waals surface area contributed by atoms with Crippen molar-refractivity contribution in [3.05, 3.63) is 83.7 Å². The molecule has 0 spiro atoms. The second-order valence-corrected chi connectivity index (χ2v) is 8.19. The first-order chi connectivity index (χ1) is 16.6. The Labute approximate surface area is 196 Å². The number of esters is 1. The second-order valence-electron chi connectivity index (χ2n) is 8.19. The predicted octanol–water partition coefficient (Wildman–Crippen LogP) is 2.97. The maximum absolute atomic E-state index is 12.5. The molecule has 2 aromatic carbocycles. The van der Waals surface area contributed by atoms with Gasteiger partial charge >= 0.3 is 11.9 Å². The van der Waals surface area contributed by atoms with Crippen LogP contribution in [0.15, 0.2) is 66.4 Å². The third-order valence-electron chi connectivity index (χ3n) is 6.28. The van der Waals surface area contributed by atoms with E-state index in [0.29, 0.717) is 6.54 Å². The van der Waals surface area contributed by atoms with Crippen LogP contribution < -0.4 is 0 Å². The van der Waals surface area contributed by atoms with Gasteiger partial charge in [0.05, 0.1) is 24.0 Å². The monoisotopic (exact) mass is 456 g/mol. The van der Waals surface area contributed by atoms with Crippen molar-refractivity contribution >= 4 is 17.6 Å². The minimum absolute atomic E-state index is 0.138. The van der Waals surface area contributed by atoms with Gasteiger partial charge in [0, 0.05) is 12.1 Å². The molecule has 1 aromatic heterocycles. The fourth-order valence-corrected chi connectivity index (χ4v) is 4.69. The zero-order valence-electron chi connectivity index (χ0n) is 18.8. The number of nitrogens with zero attached hydrogens (tertiary/aromatic N) is 6. The van der Waals surface area contributed by atoms with E-state index in [1.807, 2.05) is 42.5 Å². The van der Waals surface area contributed by atoms with Crippen LogP contribution in [0.3, 0.4) is 0 Å². The number of benzene rings is 2. The lowest BCUT2D eigenvalue weighted by atomic mass is 9.94. The first-order valence-corrected chi connectivity index (χ1v) is 11.3. The molecular formula is C25H24N6O3. The van der Waals surface area contributed by atoms with E-state index < -0.39 is 11.9 Å². The lowest BCUT2D eigenvalue weighted by Gasteiger charge is -2.24. The summed E-state index contributed by atoms with van der Waals surface area (Å²) in [5, 5.41) is 11.4. The van der Waals surface area contributed by atoms with E-state index in [9.17, 15) is 9.59 Å². The van der Waals surface area contributed by atoms with E-state index in [4.69, 9.17) is 9.73 Å². The maximum atomic E-state index is 12.5. The SMILES string of the molecule is C=CC1=NC(c2ccc([C@H]3CCCN3C(=O)C(=O)OCC)cc2)c2cc(-n3cnnn3)ccc21. The van der Waals surface area contributed by atoms with Crippen LogP contribution in [0.25, 0.3) is 5.69 Å². The summed E-state index contributed by atoms with van der Waals surface area (Å²) in [6, 6.07) is 13.8. The van der Waals surface area contributed by atoms with Crippen molar-refractivity contribution < 1.29 is 14.3 Å². The molecule has 2 aliphatic rings. The van der Waals surface area contributed by atoms with Crippen molar-refractivity contribution in [3.63, 3.8) is 0 Å². The molecule has 1 amide bonds. The molecule has 1 unspecified atom stereocenters. The van der Waals surface area contributed by atoms with Gasteiger partial charge in [-0.3, -0.25) is 9.79 Å². The van der Waals surface area contributed by atoms with E-state index in [1.165, 1.54) is 0 Å². The summed E-state index contributed by atoms with van der Waals surface area (Å²) in [6.07, 6.45) is 4.98. The van der Waals surface area contributed by atoms with Crippen molar-refractivity contribution in [2.75, 3.05) is 13.2 Å². The molecule has 1 fully saturated rings. The first kappa shape index (κ1) is 21.7. The maximum Gasteiger partial charge on any atom is 0.397 e. The number of likely N-dealkylation sites (tertiary alicyclic amines) is 1. The second kappa shape index (κ2) is 9.01. The Balaban J connectivity index is 1.42. The van der Waals surface area contributed by atoms with Crippen LogP contribution in [0.2, 0.25) is 0 Å². The molecule has 0 bridgehead atoms. The highest BCUT2D eigenvalue weighted by Crippen LogP contribution is 2.38. The molecule has 2 atom stereocenters. The van der Waals surface area contributed by atoms with Gasteiger partial charge in [0.1, 0.15) is 12.4 Å². The number of hydrogen-bond donors (Lipinski definition) is 0. The molecule has 34 heavy (non-hydrogen) atoms. The number of ether oxygens (including phenoxy) is 1. The Kier molecular flexibility index (Phi) is 5.75. The molecule has 172 valence electrons. The quantitative estimate of drug-likeness (QED) is 0.432. The number of carbonyl (C=O) groups excluding carboxylic acids is 2. The Morgan fingerprint density at radius 2 is 1.97 bits per heavy atom. The average molecular weight is 457 g/mol. The number of aliphatic imine (C=N–C) groups is 1. The lowest BCUT2D eigenvalue weighted by molar-refractivity contribution is -0.160.